The third kappa shape index (κ3) is 32.0. The van der Waals surface area contributed by atoms with Gasteiger partial charge in [-0.05, 0) is 57.8 Å². The van der Waals surface area contributed by atoms with Crippen LogP contribution < -0.4 is 0 Å². The number of rotatable bonds is 37. The third-order valence-corrected chi connectivity index (χ3v) is 10.9. The molecule has 1 saturated heterocycles. The van der Waals surface area contributed by atoms with Gasteiger partial charge in [-0.2, -0.15) is 0 Å². The lowest BCUT2D eigenvalue weighted by Gasteiger charge is -2.36. The summed E-state index contributed by atoms with van der Waals surface area (Å²) in [5, 5.41) is 30.9. The lowest BCUT2D eigenvalue weighted by Crippen LogP contribution is -2.43. The van der Waals surface area contributed by atoms with Crippen molar-refractivity contribution in [3.05, 3.63) is 36.5 Å². The number of hydrogen-bond acceptors (Lipinski definition) is 10. The fourth-order valence-electron chi connectivity index (χ4n) is 6.94. The Morgan fingerprint density at radius 3 is 1.86 bits per heavy atom. The van der Waals surface area contributed by atoms with Gasteiger partial charge in [0, 0.05) is 25.2 Å². The summed E-state index contributed by atoms with van der Waals surface area (Å²) >= 11 is 0. The summed E-state index contributed by atoms with van der Waals surface area (Å²) in [7, 11) is -4.83. The van der Waals surface area contributed by atoms with E-state index in [0.29, 0.717) is 32.1 Å². The van der Waals surface area contributed by atoms with Gasteiger partial charge in [-0.15, -0.1) is 0 Å². The average Bonchev–Trinajstić information content (AvgIpc) is 3.17. The van der Waals surface area contributed by atoms with Crippen molar-refractivity contribution in [2.45, 2.75) is 218 Å². The predicted molar refractivity (Wildman–Crippen MR) is 229 cm³/mol. The molecule has 1 unspecified atom stereocenters. The standard InChI is InChI=1S/C45H81O12P/c1-3-5-7-8-9-10-11-12-13-14-15-16-17-18-19-20-21-22-28-32-44(49)56-39(37-55-58(51,52)53)36-54-43(48)31-27-24-23-26-30-40-41(47)35-45(50)57-42(40)34-33-38(46)29-25-6-4-2/h12-13,23,26,33-34,38-42,45-47,50H,3-11,14-22,24-25,27-32,35-37H2,1-2H3,(H2,51,52,53)/b13-12-,26-23-,34-33+/t38-,39+,40-,41-,42+,45?/m0/s1. The van der Waals surface area contributed by atoms with Crippen LogP contribution in [0.2, 0.25) is 0 Å². The van der Waals surface area contributed by atoms with E-state index in [0.717, 1.165) is 38.5 Å². The van der Waals surface area contributed by atoms with E-state index < -0.39 is 57.1 Å². The van der Waals surface area contributed by atoms with Crippen molar-refractivity contribution in [3.63, 3.8) is 0 Å². The molecule has 12 nitrogen and oxygen atoms in total. The summed E-state index contributed by atoms with van der Waals surface area (Å²) in [6.07, 6.45) is 33.4. The van der Waals surface area contributed by atoms with Gasteiger partial charge in [0.25, 0.3) is 0 Å². The van der Waals surface area contributed by atoms with Crippen LogP contribution in [-0.2, 0) is 32.9 Å². The first kappa shape index (κ1) is 54.1. The zero-order valence-electron chi connectivity index (χ0n) is 36.0. The van der Waals surface area contributed by atoms with Crippen LogP contribution in [0.25, 0.3) is 0 Å². The van der Waals surface area contributed by atoms with Gasteiger partial charge in [0.1, 0.15) is 6.61 Å². The second-order valence-electron chi connectivity index (χ2n) is 15.9. The molecule has 0 aromatic heterocycles. The van der Waals surface area contributed by atoms with Gasteiger partial charge in [0.05, 0.1) is 24.9 Å². The average molecular weight is 845 g/mol. The second kappa shape index (κ2) is 35.8. The van der Waals surface area contributed by atoms with Crippen LogP contribution in [0.4, 0.5) is 0 Å². The monoisotopic (exact) mass is 845 g/mol. The molecule has 1 aliphatic heterocycles. The van der Waals surface area contributed by atoms with Crippen LogP contribution in [0, 0.1) is 5.92 Å². The van der Waals surface area contributed by atoms with E-state index in [4.69, 9.17) is 24.0 Å². The van der Waals surface area contributed by atoms with E-state index in [1.165, 1.54) is 83.5 Å². The summed E-state index contributed by atoms with van der Waals surface area (Å²) in [5.41, 5.74) is 0. The number of carbonyl (C=O) groups excluding carboxylic acids is 2. The molecule has 0 spiro atoms. The first-order chi connectivity index (χ1) is 27.9. The summed E-state index contributed by atoms with van der Waals surface area (Å²) in [6, 6.07) is 0. The van der Waals surface area contributed by atoms with Crippen molar-refractivity contribution < 1.29 is 58.0 Å². The fourth-order valence-corrected chi connectivity index (χ4v) is 7.30. The van der Waals surface area contributed by atoms with E-state index >= 15 is 0 Å². The topological polar surface area (TPSA) is 189 Å². The first-order valence-corrected chi connectivity index (χ1v) is 24.2. The SMILES string of the molecule is CCCCCCCC/C=C\CCCCCCCCCCCC(=O)O[C@H](COC(=O)CCC/C=C\C[C@H]1[C@@H](O)CC(O)O[C@@H]1/C=C/[C@@H](O)CCCCC)COP(=O)(O)O. The molecule has 1 heterocycles. The zero-order valence-corrected chi connectivity index (χ0v) is 36.9. The number of aliphatic hydroxyl groups is 3. The molecule has 5 N–H and O–H groups in total. The molecule has 1 fully saturated rings. The van der Waals surface area contributed by atoms with Crippen molar-refractivity contribution >= 4 is 19.8 Å². The molecule has 6 atom stereocenters. The quantitative estimate of drug-likeness (QED) is 0.0173. The van der Waals surface area contributed by atoms with Gasteiger partial charge in [0.2, 0.25) is 0 Å². The highest BCUT2D eigenvalue weighted by Crippen LogP contribution is 2.36. The van der Waals surface area contributed by atoms with Crippen LogP contribution in [-0.4, -0.2) is 81.0 Å². The largest absolute Gasteiger partial charge is 0.469 e. The summed E-state index contributed by atoms with van der Waals surface area (Å²) in [4.78, 5) is 43.2. The maximum atomic E-state index is 12.5. The molecule has 0 amide bonds. The summed E-state index contributed by atoms with van der Waals surface area (Å²) in [6.45, 7) is 3.36. The van der Waals surface area contributed by atoms with Crippen LogP contribution >= 0.6 is 7.82 Å². The van der Waals surface area contributed by atoms with Gasteiger partial charge < -0.3 is 39.3 Å². The van der Waals surface area contributed by atoms with E-state index in [1.807, 2.05) is 12.2 Å². The Labute approximate surface area is 350 Å². The van der Waals surface area contributed by atoms with E-state index in [1.54, 1.807) is 12.2 Å². The number of phosphoric acid groups is 1. The van der Waals surface area contributed by atoms with Crippen LogP contribution in [0.15, 0.2) is 36.5 Å². The van der Waals surface area contributed by atoms with Gasteiger partial charge in [0.15, 0.2) is 12.4 Å². The zero-order chi connectivity index (χ0) is 42.7. The Morgan fingerprint density at radius 2 is 1.24 bits per heavy atom. The van der Waals surface area contributed by atoms with E-state index in [2.05, 4.69) is 30.5 Å². The Hall–Kier alpha value is -1.89. The molecule has 13 heteroatoms. The Morgan fingerprint density at radius 1 is 0.707 bits per heavy atom. The van der Waals surface area contributed by atoms with Crippen LogP contribution in [0.3, 0.4) is 0 Å². The molecule has 0 saturated carbocycles. The van der Waals surface area contributed by atoms with Crippen molar-refractivity contribution in [1.29, 1.82) is 0 Å². The van der Waals surface area contributed by atoms with Gasteiger partial charge in [-0.1, -0.05) is 147 Å². The Balaban J connectivity index is 2.27. The van der Waals surface area contributed by atoms with Gasteiger partial charge >= 0.3 is 19.8 Å². The minimum absolute atomic E-state index is 0.0731. The van der Waals surface area contributed by atoms with Crippen molar-refractivity contribution in [2.24, 2.45) is 5.92 Å². The number of carbonyl (C=O) groups is 2. The molecule has 338 valence electrons. The van der Waals surface area contributed by atoms with Gasteiger partial charge in [-0.25, -0.2) is 4.57 Å². The van der Waals surface area contributed by atoms with Crippen molar-refractivity contribution in [2.75, 3.05) is 13.2 Å². The third-order valence-electron chi connectivity index (χ3n) is 10.4. The molecule has 1 rings (SSSR count). The van der Waals surface area contributed by atoms with E-state index in [-0.39, 0.29) is 31.8 Å². The molecular formula is C45H81O12P. The molecule has 58 heavy (non-hydrogen) atoms. The summed E-state index contributed by atoms with van der Waals surface area (Å²) < 4.78 is 32.1. The van der Waals surface area contributed by atoms with E-state index in [9.17, 15) is 29.5 Å². The minimum atomic E-state index is -4.83. The van der Waals surface area contributed by atoms with Crippen molar-refractivity contribution in [3.8, 4) is 0 Å². The highest BCUT2D eigenvalue weighted by molar-refractivity contribution is 7.46. The molecule has 0 bridgehead atoms. The van der Waals surface area contributed by atoms with Crippen LogP contribution in [0.5, 0.6) is 0 Å². The van der Waals surface area contributed by atoms with Gasteiger partial charge in [-0.3, -0.25) is 14.1 Å². The summed E-state index contributed by atoms with van der Waals surface area (Å²) in [5.74, 6) is -1.39. The number of phosphoric ester groups is 1. The first-order valence-electron chi connectivity index (χ1n) is 22.7. The number of allylic oxidation sites excluding steroid dienone is 4. The Kier molecular flexibility index (Phi) is 33.4. The predicted octanol–water partition coefficient (Wildman–Crippen LogP) is 9.85. The molecule has 0 aromatic carbocycles. The fraction of sp³-hybridized carbons (Fsp3) is 0.822. The smallest absolute Gasteiger partial charge is 0.462 e. The second-order valence-corrected chi connectivity index (χ2v) is 17.1. The minimum Gasteiger partial charge on any atom is -0.462 e. The normalized spacial score (nSPS) is 20.0. The molecular weight excluding hydrogens is 763 g/mol. The van der Waals surface area contributed by atoms with Crippen LogP contribution in [0.1, 0.15) is 187 Å². The lowest BCUT2D eigenvalue weighted by molar-refractivity contribution is -0.199. The number of ether oxygens (including phenoxy) is 3. The lowest BCUT2D eigenvalue weighted by atomic mass is 9.87. The highest BCUT2D eigenvalue weighted by Gasteiger charge is 2.35. The molecule has 1 aliphatic rings. The molecule has 0 aromatic rings. The maximum Gasteiger partial charge on any atom is 0.469 e. The number of esters is 2. The molecule has 0 aliphatic carbocycles. The number of hydrogen-bond donors (Lipinski definition) is 5. The Bertz CT molecular complexity index is 1150. The number of aliphatic hydroxyl groups excluding tert-OH is 3. The maximum absolute atomic E-state index is 12.5. The van der Waals surface area contributed by atoms with Crippen molar-refractivity contribution in [1.82, 2.24) is 0 Å². The molecule has 0 radical (unpaired) electrons. The number of unbranched alkanes of at least 4 members (excludes halogenated alkanes) is 18. The highest BCUT2D eigenvalue weighted by atomic mass is 31.2.